The number of hydrogen-bond acceptors (Lipinski definition) is 8. The van der Waals surface area contributed by atoms with Gasteiger partial charge >= 0.3 is 0 Å². The van der Waals surface area contributed by atoms with Gasteiger partial charge in [-0.3, -0.25) is 0 Å². The molecule has 0 aliphatic carbocycles. The maximum absolute atomic E-state index is 11.4. The van der Waals surface area contributed by atoms with Crippen molar-refractivity contribution in [1.82, 2.24) is 24.6 Å². The van der Waals surface area contributed by atoms with Crippen molar-refractivity contribution in [2.24, 2.45) is 0 Å². The van der Waals surface area contributed by atoms with E-state index < -0.39 is 5.23 Å². The monoisotopic (exact) mass is 330 g/mol. The van der Waals surface area contributed by atoms with Crippen molar-refractivity contribution in [3.05, 3.63) is 29.5 Å². The number of benzene rings is 1. The molecule has 0 fully saturated rings. The van der Waals surface area contributed by atoms with Gasteiger partial charge in [-0.15, -0.1) is 5.10 Å². The number of nitrogens with one attached hydrogen (secondary N) is 1. The standard InChI is InChI=1S/C14H18N8O2/c1-19(2)12-16-13-15-11(18-21(13)14(17-12)20(3)4)9-7-5-6-8-10(9)22(23)24/h5-8,22-23H,1-4H3. The highest BCUT2D eigenvalue weighted by atomic mass is 16.8. The second kappa shape index (κ2) is 6.00. The smallest absolute Gasteiger partial charge is 0.259 e. The van der Waals surface area contributed by atoms with Gasteiger partial charge in [-0.25, -0.2) is 5.21 Å². The normalized spacial score (nSPS) is 12.4. The molecular formula is C14H18N8O2. The van der Waals surface area contributed by atoms with Crippen molar-refractivity contribution in [3.63, 3.8) is 0 Å². The largest absolute Gasteiger partial charge is 0.595 e. The number of rotatable bonds is 4. The minimum atomic E-state index is -1.03. The maximum Gasteiger partial charge on any atom is 0.259 e. The van der Waals surface area contributed by atoms with Crippen molar-refractivity contribution in [2.75, 3.05) is 38.0 Å². The number of hydrogen-bond donors (Lipinski definition) is 2. The van der Waals surface area contributed by atoms with Crippen LogP contribution in [-0.2, 0) is 0 Å². The Labute approximate surface area is 138 Å². The van der Waals surface area contributed by atoms with Crippen LogP contribution in [-0.4, -0.2) is 58.0 Å². The summed E-state index contributed by atoms with van der Waals surface area (Å²) < 4.78 is 1.50. The van der Waals surface area contributed by atoms with Gasteiger partial charge in [-0.1, -0.05) is 12.1 Å². The molecule has 0 amide bonds. The van der Waals surface area contributed by atoms with Crippen LogP contribution in [0, 0.1) is 5.21 Å². The van der Waals surface area contributed by atoms with Crippen molar-refractivity contribution >= 4 is 23.4 Å². The molecule has 1 atom stereocenters. The van der Waals surface area contributed by atoms with Crippen LogP contribution in [0.15, 0.2) is 24.3 Å². The van der Waals surface area contributed by atoms with Gasteiger partial charge in [0.15, 0.2) is 11.5 Å². The van der Waals surface area contributed by atoms with Gasteiger partial charge in [0, 0.05) is 34.3 Å². The fourth-order valence-electron chi connectivity index (χ4n) is 2.23. The van der Waals surface area contributed by atoms with Gasteiger partial charge in [0.1, 0.15) is 0 Å². The van der Waals surface area contributed by atoms with E-state index in [1.54, 1.807) is 28.0 Å². The highest BCUT2D eigenvalue weighted by Gasteiger charge is 2.19. The first-order valence-corrected chi connectivity index (χ1v) is 7.20. The summed E-state index contributed by atoms with van der Waals surface area (Å²) >= 11 is 0. The number of quaternary nitrogens is 1. The van der Waals surface area contributed by atoms with E-state index >= 15 is 0 Å². The molecule has 24 heavy (non-hydrogen) atoms. The summed E-state index contributed by atoms with van der Waals surface area (Å²) in [5.41, 5.74) is 0.576. The second-order valence-corrected chi connectivity index (χ2v) is 5.61. The fourth-order valence-corrected chi connectivity index (χ4v) is 2.23. The number of aromatic nitrogens is 5. The van der Waals surface area contributed by atoms with Crippen LogP contribution >= 0.6 is 0 Å². The molecule has 0 aliphatic rings. The molecule has 2 heterocycles. The van der Waals surface area contributed by atoms with Crippen molar-refractivity contribution in [3.8, 4) is 11.4 Å². The summed E-state index contributed by atoms with van der Waals surface area (Å²) in [6.07, 6.45) is 0. The quantitative estimate of drug-likeness (QED) is 0.629. The number of fused-ring (bicyclic) bond motifs is 1. The third kappa shape index (κ3) is 2.73. The van der Waals surface area contributed by atoms with E-state index in [1.807, 2.05) is 28.2 Å². The molecule has 2 aromatic heterocycles. The lowest BCUT2D eigenvalue weighted by Crippen LogP contribution is -2.99. The van der Waals surface area contributed by atoms with E-state index in [9.17, 15) is 10.4 Å². The van der Waals surface area contributed by atoms with Crippen LogP contribution in [0.2, 0.25) is 0 Å². The van der Waals surface area contributed by atoms with Crippen LogP contribution in [0.4, 0.5) is 17.6 Å². The molecule has 126 valence electrons. The topological polar surface area (TPSA) is 110 Å². The number of nitrogens with zero attached hydrogens (tertiary/aromatic N) is 7. The van der Waals surface area contributed by atoms with Crippen molar-refractivity contribution < 1.29 is 10.4 Å². The zero-order chi connectivity index (χ0) is 17.4. The highest BCUT2D eigenvalue weighted by molar-refractivity contribution is 5.68. The average Bonchev–Trinajstić information content (AvgIpc) is 2.97. The SMILES string of the molecule is CN(C)c1nc(N(C)C)n2nc(-c3ccccc3[NH+]([O-])O)nc2n1. The summed E-state index contributed by atoms with van der Waals surface area (Å²) in [7, 11) is 7.35. The Morgan fingerprint density at radius 3 is 2.38 bits per heavy atom. The molecule has 3 aromatic rings. The minimum absolute atomic E-state index is 0.139. The first kappa shape index (κ1) is 16.1. The van der Waals surface area contributed by atoms with Crippen LogP contribution in [0.5, 0.6) is 0 Å². The Hall–Kier alpha value is -2.82. The van der Waals surface area contributed by atoms with Gasteiger partial charge < -0.3 is 15.0 Å². The van der Waals surface area contributed by atoms with Crippen LogP contribution in [0.3, 0.4) is 0 Å². The summed E-state index contributed by atoms with van der Waals surface area (Å²) in [5, 5.41) is 24.2. The van der Waals surface area contributed by atoms with Gasteiger partial charge in [-0.05, 0) is 6.07 Å². The molecule has 0 saturated heterocycles. The summed E-state index contributed by atoms with van der Waals surface area (Å²) in [5.74, 6) is 1.70. The Morgan fingerprint density at radius 2 is 1.75 bits per heavy atom. The summed E-state index contributed by atoms with van der Waals surface area (Å²) in [6.45, 7) is 0. The molecule has 10 nitrogen and oxygen atoms in total. The molecule has 0 radical (unpaired) electrons. The van der Waals surface area contributed by atoms with E-state index in [0.717, 1.165) is 0 Å². The third-order valence-corrected chi connectivity index (χ3v) is 3.38. The molecule has 0 aliphatic heterocycles. The number of para-hydroxylation sites is 1. The molecule has 0 spiro atoms. The Morgan fingerprint density at radius 1 is 1.04 bits per heavy atom. The van der Waals surface area contributed by atoms with Gasteiger partial charge in [0.25, 0.3) is 5.78 Å². The maximum atomic E-state index is 11.4. The van der Waals surface area contributed by atoms with Crippen LogP contribution < -0.4 is 15.0 Å². The van der Waals surface area contributed by atoms with Crippen LogP contribution in [0.1, 0.15) is 0 Å². The first-order chi connectivity index (χ1) is 11.4. The molecule has 10 heteroatoms. The Balaban J connectivity index is 2.24. The lowest BCUT2D eigenvalue weighted by Gasteiger charge is -2.15. The van der Waals surface area contributed by atoms with E-state index in [-0.39, 0.29) is 5.69 Å². The third-order valence-electron chi connectivity index (χ3n) is 3.38. The molecular weight excluding hydrogens is 312 g/mol. The lowest BCUT2D eigenvalue weighted by molar-refractivity contribution is -0.991. The average molecular weight is 330 g/mol. The Kier molecular flexibility index (Phi) is 4.01. The summed E-state index contributed by atoms with van der Waals surface area (Å²) in [6, 6.07) is 6.61. The van der Waals surface area contributed by atoms with E-state index in [1.165, 1.54) is 10.6 Å². The minimum Gasteiger partial charge on any atom is -0.595 e. The second-order valence-electron chi connectivity index (χ2n) is 5.61. The van der Waals surface area contributed by atoms with Crippen LogP contribution in [0.25, 0.3) is 17.2 Å². The van der Waals surface area contributed by atoms with E-state index in [2.05, 4.69) is 20.1 Å². The molecule has 1 aromatic carbocycles. The van der Waals surface area contributed by atoms with E-state index in [0.29, 0.717) is 29.1 Å². The molecule has 0 bridgehead atoms. The zero-order valence-corrected chi connectivity index (χ0v) is 13.8. The molecule has 3 rings (SSSR count). The van der Waals surface area contributed by atoms with Crippen molar-refractivity contribution in [1.29, 1.82) is 0 Å². The van der Waals surface area contributed by atoms with Gasteiger partial charge in [0.2, 0.25) is 11.9 Å². The molecule has 2 N–H and O–H groups in total. The van der Waals surface area contributed by atoms with Crippen molar-refractivity contribution in [2.45, 2.75) is 0 Å². The molecule has 1 unspecified atom stereocenters. The lowest BCUT2D eigenvalue weighted by atomic mass is 10.2. The Bertz CT molecular complexity index is 874. The number of anilines is 2. The predicted molar refractivity (Wildman–Crippen MR) is 88.4 cm³/mol. The zero-order valence-electron chi connectivity index (χ0n) is 13.8. The molecule has 0 saturated carbocycles. The predicted octanol–water partition coefficient (Wildman–Crippen LogP) is -0.278. The first-order valence-electron chi connectivity index (χ1n) is 7.20. The fraction of sp³-hybridized carbons (Fsp3) is 0.286. The van der Waals surface area contributed by atoms with E-state index in [4.69, 9.17) is 0 Å². The highest BCUT2D eigenvalue weighted by Crippen LogP contribution is 2.24. The summed E-state index contributed by atoms with van der Waals surface area (Å²) in [4.78, 5) is 16.8. The van der Waals surface area contributed by atoms with Gasteiger partial charge in [-0.2, -0.15) is 24.7 Å². The van der Waals surface area contributed by atoms with Gasteiger partial charge in [0.05, 0.1) is 5.56 Å².